The van der Waals surface area contributed by atoms with Crippen LogP contribution >= 0.6 is 0 Å². The molecular weight excluding hydrogens is 284 g/mol. The smallest absolute Gasteiger partial charge is 0.312 e. The van der Waals surface area contributed by atoms with E-state index in [0.717, 1.165) is 0 Å². The molecule has 2 unspecified atom stereocenters. The van der Waals surface area contributed by atoms with E-state index in [1.54, 1.807) is 32.9 Å². The van der Waals surface area contributed by atoms with Crippen LogP contribution in [0.3, 0.4) is 0 Å². The number of carbonyl (C=O) groups excluding carboxylic acids is 1. The molecule has 0 fully saturated rings. The van der Waals surface area contributed by atoms with E-state index in [1.807, 2.05) is 12.1 Å². The van der Waals surface area contributed by atoms with E-state index < -0.39 is 23.6 Å². The number of aliphatic hydroxyl groups is 1. The molecule has 0 saturated carbocycles. The number of nitrogens with zero attached hydrogens (tertiary/aromatic N) is 1. The minimum atomic E-state index is -1.19. The summed E-state index contributed by atoms with van der Waals surface area (Å²) >= 11 is 0. The summed E-state index contributed by atoms with van der Waals surface area (Å²) in [5, 5.41) is 10.5. The molecule has 0 aliphatic carbocycles. The van der Waals surface area contributed by atoms with Gasteiger partial charge in [0.2, 0.25) is 5.89 Å². The van der Waals surface area contributed by atoms with Crippen LogP contribution in [0, 0.1) is 5.92 Å². The van der Waals surface area contributed by atoms with E-state index in [9.17, 15) is 9.90 Å². The Hall–Kier alpha value is -1.92. The largest absolute Gasteiger partial charge is 0.460 e. The predicted octanol–water partition coefficient (Wildman–Crippen LogP) is 2.17. The van der Waals surface area contributed by atoms with Crippen molar-refractivity contribution in [3.63, 3.8) is 0 Å². The van der Waals surface area contributed by atoms with Crippen molar-refractivity contribution in [3.05, 3.63) is 30.2 Å². The van der Waals surface area contributed by atoms with Gasteiger partial charge in [-0.1, -0.05) is 12.1 Å². The third-order valence-corrected chi connectivity index (χ3v) is 3.13. The topological polar surface area (TPSA) is 98.6 Å². The number of hydrogen-bond donors (Lipinski definition) is 2. The van der Waals surface area contributed by atoms with Gasteiger partial charge in [0.1, 0.15) is 17.2 Å². The maximum Gasteiger partial charge on any atom is 0.312 e. The SMILES string of the molecule is CC(C)(C)OC(=O)C(CCN)C(O)c1nc2ccccc2o1. The lowest BCUT2D eigenvalue weighted by Gasteiger charge is -2.25. The van der Waals surface area contributed by atoms with E-state index >= 15 is 0 Å². The first kappa shape index (κ1) is 16.5. The maximum atomic E-state index is 12.3. The Labute approximate surface area is 129 Å². The van der Waals surface area contributed by atoms with Crippen LogP contribution in [0.1, 0.15) is 39.2 Å². The van der Waals surface area contributed by atoms with Crippen molar-refractivity contribution in [1.82, 2.24) is 4.98 Å². The third-order valence-electron chi connectivity index (χ3n) is 3.13. The van der Waals surface area contributed by atoms with Crippen molar-refractivity contribution in [2.75, 3.05) is 6.54 Å². The summed E-state index contributed by atoms with van der Waals surface area (Å²) in [5.41, 5.74) is 6.11. The summed E-state index contributed by atoms with van der Waals surface area (Å²) in [6, 6.07) is 7.17. The van der Waals surface area contributed by atoms with Crippen molar-refractivity contribution in [1.29, 1.82) is 0 Å². The summed E-state index contributed by atoms with van der Waals surface area (Å²) < 4.78 is 10.9. The lowest BCUT2D eigenvalue weighted by molar-refractivity contribution is -0.165. The van der Waals surface area contributed by atoms with Crippen LogP contribution in [-0.4, -0.2) is 28.2 Å². The molecule has 6 nitrogen and oxygen atoms in total. The molecule has 1 aromatic heterocycles. The molecule has 0 radical (unpaired) electrons. The number of benzene rings is 1. The highest BCUT2D eigenvalue weighted by molar-refractivity contribution is 5.75. The minimum Gasteiger partial charge on any atom is -0.460 e. The van der Waals surface area contributed by atoms with E-state index in [1.165, 1.54) is 0 Å². The van der Waals surface area contributed by atoms with Gasteiger partial charge in [-0.2, -0.15) is 0 Å². The number of esters is 1. The van der Waals surface area contributed by atoms with Gasteiger partial charge in [0.15, 0.2) is 5.58 Å². The van der Waals surface area contributed by atoms with Crippen LogP contribution in [0.15, 0.2) is 28.7 Å². The average Bonchev–Trinajstić information content (AvgIpc) is 2.85. The Morgan fingerprint density at radius 3 is 2.68 bits per heavy atom. The number of fused-ring (bicyclic) bond motifs is 1. The van der Waals surface area contributed by atoms with Crippen molar-refractivity contribution in [3.8, 4) is 0 Å². The highest BCUT2D eigenvalue weighted by atomic mass is 16.6. The molecule has 0 amide bonds. The summed E-state index contributed by atoms with van der Waals surface area (Å²) in [5.74, 6) is -1.21. The highest BCUT2D eigenvalue weighted by Gasteiger charge is 2.34. The predicted molar refractivity (Wildman–Crippen MR) is 82.0 cm³/mol. The Morgan fingerprint density at radius 1 is 1.41 bits per heavy atom. The molecule has 2 atom stereocenters. The number of ether oxygens (including phenoxy) is 1. The lowest BCUT2D eigenvalue weighted by atomic mass is 9.98. The normalized spacial score (nSPS) is 14.8. The van der Waals surface area contributed by atoms with Crippen molar-refractivity contribution in [2.24, 2.45) is 11.7 Å². The molecule has 1 aromatic carbocycles. The first-order chi connectivity index (χ1) is 10.3. The fraction of sp³-hybridized carbons (Fsp3) is 0.500. The third kappa shape index (κ3) is 3.84. The molecule has 0 saturated heterocycles. The first-order valence-corrected chi connectivity index (χ1v) is 7.28. The first-order valence-electron chi connectivity index (χ1n) is 7.28. The average molecular weight is 306 g/mol. The van der Waals surface area contributed by atoms with Crippen LogP contribution in [0.2, 0.25) is 0 Å². The van der Waals surface area contributed by atoms with E-state index in [0.29, 0.717) is 11.1 Å². The molecule has 22 heavy (non-hydrogen) atoms. The second-order valence-electron chi connectivity index (χ2n) is 6.18. The Bertz CT molecular complexity index is 612. The molecule has 6 heteroatoms. The molecule has 1 heterocycles. The quantitative estimate of drug-likeness (QED) is 0.821. The van der Waals surface area contributed by atoms with Gasteiger partial charge in [0.25, 0.3) is 0 Å². The standard InChI is InChI=1S/C16H22N2O4/c1-16(2,3)22-15(20)10(8-9-17)13(19)14-18-11-6-4-5-7-12(11)21-14/h4-7,10,13,19H,8-9,17H2,1-3H3. The summed E-state index contributed by atoms with van der Waals surface area (Å²) in [6.45, 7) is 5.57. The zero-order valence-electron chi connectivity index (χ0n) is 13.1. The molecule has 120 valence electrons. The van der Waals surface area contributed by atoms with Gasteiger partial charge in [-0.15, -0.1) is 0 Å². The van der Waals surface area contributed by atoms with Gasteiger partial charge in [0, 0.05) is 0 Å². The number of aliphatic hydroxyl groups excluding tert-OH is 1. The highest BCUT2D eigenvalue weighted by Crippen LogP contribution is 2.29. The van der Waals surface area contributed by atoms with Crippen molar-refractivity contribution in [2.45, 2.75) is 38.9 Å². The van der Waals surface area contributed by atoms with Gasteiger partial charge >= 0.3 is 5.97 Å². The van der Waals surface area contributed by atoms with Gasteiger partial charge in [-0.25, -0.2) is 4.98 Å². The number of rotatable bonds is 5. The fourth-order valence-electron chi connectivity index (χ4n) is 2.15. The Morgan fingerprint density at radius 2 is 2.09 bits per heavy atom. The summed E-state index contributed by atoms with van der Waals surface area (Å²) in [4.78, 5) is 16.5. The second-order valence-corrected chi connectivity index (χ2v) is 6.18. The van der Waals surface area contributed by atoms with E-state index in [-0.39, 0.29) is 18.9 Å². The van der Waals surface area contributed by atoms with Crippen molar-refractivity contribution < 1.29 is 19.1 Å². The number of para-hydroxylation sites is 2. The number of hydrogen-bond acceptors (Lipinski definition) is 6. The number of nitrogens with two attached hydrogens (primary N) is 1. The van der Waals surface area contributed by atoms with Gasteiger partial charge < -0.3 is 20.0 Å². The molecule has 2 aromatic rings. The molecule has 2 rings (SSSR count). The molecule has 0 aliphatic heterocycles. The van der Waals surface area contributed by atoms with E-state index in [2.05, 4.69) is 4.98 Å². The van der Waals surface area contributed by atoms with Gasteiger partial charge in [-0.3, -0.25) is 4.79 Å². The molecule has 0 spiro atoms. The second kappa shape index (κ2) is 6.46. The van der Waals surface area contributed by atoms with E-state index in [4.69, 9.17) is 14.9 Å². The van der Waals surface area contributed by atoms with Gasteiger partial charge in [0.05, 0.1) is 5.92 Å². The Kier molecular flexibility index (Phi) is 4.83. The molecule has 3 N–H and O–H groups in total. The zero-order valence-corrected chi connectivity index (χ0v) is 13.1. The Balaban J connectivity index is 2.25. The van der Waals surface area contributed by atoms with Gasteiger partial charge in [-0.05, 0) is 45.9 Å². The van der Waals surface area contributed by atoms with Crippen LogP contribution in [0.5, 0.6) is 0 Å². The summed E-state index contributed by atoms with van der Waals surface area (Å²) in [7, 11) is 0. The number of oxazole rings is 1. The molecular formula is C16H22N2O4. The molecule has 0 bridgehead atoms. The minimum absolute atomic E-state index is 0.102. The van der Waals surface area contributed by atoms with Crippen LogP contribution in [-0.2, 0) is 9.53 Å². The monoisotopic (exact) mass is 306 g/mol. The van der Waals surface area contributed by atoms with Crippen molar-refractivity contribution >= 4 is 17.1 Å². The van der Waals surface area contributed by atoms with Crippen LogP contribution in [0.25, 0.3) is 11.1 Å². The van der Waals surface area contributed by atoms with Crippen LogP contribution < -0.4 is 5.73 Å². The molecule has 0 aliphatic rings. The zero-order chi connectivity index (χ0) is 16.3. The van der Waals surface area contributed by atoms with Crippen LogP contribution in [0.4, 0.5) is 0 Å². The fourth-order valence-corrected chi connectivity index (χ4v) is 2.15. The lowest BCUT2D eigenvalue weighted by Crippen LogP contribution is -2.33. The summed E-state index contributed by atoms with van der Waals surface area (Å²) in [6.07, 6.45) is -0.903. The maximum absolute atomic E-state index is 12.3. The number of carbonyl (C=O) groups is 1. The number of aromatic nitrogens is 1.